The van der Waals surface area contributed by atoms with E-state index in [1.807, 2.05) is 6.92 Å². The first-order chi connectivity index (χ1) is 14.9. The van der Waals surface area contributed by atoms with E-state index in [2.05, 4.69) is 33.9 Å². The molecule has 0 aliphatic heterocycles. The van der Waals surface area contributed by atoms with Crippen molar-refractivity contribution >= 4 is 31.7 Å². The first-order valence-electron chi connectivity index (χ1n) is 10.7. The monoisotopic (exact) mass is 479 g/mol. The Kier molecular flexibility index (Phi) is 8.73. The number of methoxy groups -OCH3 is 1. The molecule has 0 aliphatic carbocycles. The normalized spacial score (nSPS) is 12.0. The number of aromatic nitrogens is 1. The molecule has 1 aromatic heterocycles. The Balaban J connectivity index is 2.04. The Morgan fingerprint density at radius 2 is 1.81 bits per heavy atom. The van der Waals surface area contributed by atoms with Gasteiger partial charge >= 0.3 is 5.97 Å². The quantitative estimate of drug-likeness (QED) is 0.183. The Bertz CT molecular complexity index is 962. The molecule has 32 heavy (non-hydrogen) atoms. The molecule has 2 rings (SSSR count). The SMILES string of the molecule is COC(=O)c1cc(OCCCO[Si](C)(C)C(C)(C)C)cn1CC(=O)c1cc(Cl)ccc1C. The number of ketones is 1. The van der Waals surface area contributed by atoms with E-state index >= 15 is 0 Å². The van der Waals surface area contributed by atoms with Crippen LogP contribution < -0.4 is 4.74 Å². The van der Waals surface area contributed by atoms with Gasteiger partial charge in [0.2, 0.25) is 0 Å². The number of nitrogens with zero attached hydrogens (tertiary/aromatic N) is 1. The summed E-state index contributed by atoms with van der Waals surface area (Å²) < 4.78 is 18.4. The van der Waals surface area contributed by atoms with Crippen LogP contribution in [-0.2, 0) is 15.7 Å². The molecule has 0 N–H and O–H groups in total. The zero-order valence-electron chi connectivity index (χ0n) is 20.1. The average Bonchev–Trinajstić information content (AvgIpc) is 3.10. The standard InChI is InChI=1S/C24H34ClNO5Si/c1-17-9-10-18(25)13-20(17)22(27)16-26-15-19(14-21(26)23(28)29-5)30-11-8-12-31-32(6,7)24(2,3)4/h9-10,13-15H,8,11-12,16H2,1-7H3. The maximum atomic E-state index is 12.8. The van der Waals surface area contributed by atoms with E-state index in [1.54, 1.807) is 35.0 Å². The molecule has 6 nitrogen and oxygen atoms in total. The predicted octanol–water partition coefficient (Wildman–Crippen LogP) is 5.91. The van der Waals surface area contributed by atoms with Gasteiger partial charge in [-0.05, 0) is 42.8 Å². The summed E-state index contributed by atoms with van der Waals surface area (Å²) in [6.45, 7) is 13.9. The summed E-state index contributed by atoms with van der Waals surface area (Å²) in [6.07, 6.45) is 2.38. The Labute approximate surface area is 196 Å². The van der Waals surface area contributed by atoms with Crippen LogP contribution in [0.5, 0.6) is 5.75 Å². The van der Waals surface area contributed by atoms with E-state index in [-0.39, 0.29) is 23.1 Å². The summed E-state index contributed by atoms with van der Waals surface area (Å²) in [6, 6.07) is 6.77. The number of hydrogen-bond donors (Lipinski definition) is 0. The topological polar surface area (TPSA) is 66.8 Å². The summed E-state index contributed by atoms with van der Waals surface area (Å²) in [4.78, 5) is 25.1. The van der Waals surface area contributed by atoms with Gasteiger partial charge in [-0.25, -0.2) is 4.79 Å². The van der Waals surface area contributed by atoms with Crippen LogP contribution in [-0.4, -0.2) is 45.0 Å². The molecule has 0 fully saturated rings. The highest BCUT2D eigenvalue weighted by Gasteiger charge is 2.36. The van der Waals surface area contributed by atoms with Crippen LogP contribution in [0.15, 0.2) is 30.5 Å². The lowest BCUT2D eigenvalue weighted by molar-refractivity contribution is 0.0588. The molecule has 0 aliphatic rings. The van der Waals surface area contributed by atoms with E-state index in [9.17, 15) is 9.59 Å². The van der Waals surface area contributed by atoms with Crippen molar-refractivity contribution in [1.82, 2.24) is 4.57 Å². The largest absolute Gasteiger partial charge is 0.492 e. The van der Waals surface area contributed by atoms with Crippen molar-refractivity contribution in [2.75, 3.05) is 20.3 Å². The van der Waals surface area contributed by atoms with Crippen molar-refractivity contribution in [2.24, 2.45) is 0 Å². The lowest BCUT2D eigenvalue weighted by atomic mass is 10.0. The fraction of sp³-hybridized carbons (Fsp3) is 0.500. The van der Waals surface area contributed by atoms with Gasteiger partial charge in [0.1, 0.15) is 11.4 Å². The molecule has 8 heteroatoms. The fourth-order valence-electron chi connectivity index (χ4n) is 2.90. The number of hydrogen-bond acceptors (Lipinski definition) is 5. The Morgan fingerprint density at radius 3 is 2.44 bits per heavy atom. The number of Topliss-reactive ketones (excluding diaryl/α,β-unsaturated/α-hetero) is 1. The lowest BCUT2D eigenvalue weighted by Gasteiger charge is -2.36. The summed E-state index contributed by atoms with van der Waals surface area (Å²) in [7, 11) is -0.479. The molecule has 0 saturated carbocycles. The zero-order chi connectivity index (χ0) is 24.1. The maximum Gasteiger partial charge on any atom is 0.354 e. The van der Waals surface area contributed by atoms with E-state index in [1.165, 1.54) is 7.11 Å². The van der Waals surface area contributed by atoms with Gasteiger partial charge in [-0.3, -0.25) is 4.79 Å². The minimum absolute atomic E-state index is 0.0243. The molecule has 0 amide bonds. The third-order valence-electron chi connectivity index (χ3n) is 5.91. The first kappa shape index (κ1) is 26.2. The van der Waals surface area contributed by atoms with Gasteiger partial charge in [0.25, 0.3) is 0 Å². The second-order valence-corrected chi connectivity index (χ2v) is 14.6. The second-order valence-electron chi connectivity index (χ2n) is 9.37. The Morgan fingerprint density at radius 1 is 1.12 bits per heavy atom. The second kappa shape index (κ2) is 10.7. The van der Waals surface area contributed by atoms with Crippen molar-refractivity contribution in [3.8, 4) is 5.75 Å². The zero-order valence-corrected chi connectivity index (χ0v) is 21.8. The van der Waals surface area contributed by atoms with Crippen LogP contribution in [0.1, 0.15) is 53.6 Å². The number of esters is 1. The molecule has 0 unspecified atom stereocenters. The molecule has 0 saturated heterocycles. The molecule has 176 valence electrons. The number of halogens is 1. The maximum absolute atomic E-state index is 12.8. The highest BCUT2D eigenvalue weighted by Crippen LogP contribution is 2.36. The van der Waals surface area contributed by atoms with Gasteiger partial charge in [-0.15, -0.1) is 0 Å². The lowest BCUT2D eigenvalue weighted by Crippen LogP contribution is -2.41. The third kappa shape index (κ3) is 6.70. The molecule has 0 radical (unpaired) electrons. The number of aryl methyl sites for hydroxylation is 1. The highest BCUT2D eigenvalue weighted by atomic mass is 35.5. The van der Waals surface area contributed by atoms with Gasteiger partial charge in [0, 0.05) is 35.9 Å². The molecule has 1 aromatic carbocycles. The molecular weight excluding hydrogens is 446 g/mol. The molecule has 0 spiro atoms. The number of ether oxygens (including phenoxy) is 2. The molecule has 1 heterocycles. The van der Waals surface area contributed by atoms with Gasteiger partial charge in [0.05, 0.1) is 20.3 Å². The van der Waals surface area contributed by atoms with Crippen LogP contribution in [0.3, 0.4) is 0 Å². The number of carbonyl (C=O) groups excluding carboxylic acids is 2. The number of carbonyl (C=O) groups is 2. The van der Waals surface area contributed by atoms with Crippen molar-refractivity contribution in [2.45, 2.75) is 58.8 Å². The molecule has 2 aromatic rings. The molecular formula is C24H34ClNO5Si. The summed E-state index contributed by atoms with van der Waals surface area (Å²) in [5.41, 5.74) is 1.60. The third-order valence-corrected chi connectivity index (χ3v) is 10.7. The van der Waals surface area contributed by atoms with E-state index in [0.717, 1.165) is 12.0 Å². The van der Waals surface area contributed by atoms with Gasteiger partial charge in [-0.2, -0.15) is 0 Å². The van der Waals surface area contributed by atoms with Crippen LogP contribution in [0, 0.1) is 6.92 Å². The van der Waals surface area contributed by atoms with Crippen LogP contribution in [0.2, 0.25) is 23.2 Å². The summed E-state index contributed by atoms with van der Waals surface area (Å²) >= 11 is 6.05. The number of rotatable bonds is 10. The fourth-order valence-corrected chi connectivity index (χ4v) is 4.16. The van der Waals surface area contributed by atoms with Crippen molar-refractivity contribution < 1.29 is 23.5 Å². The van der Waals surface area contributed by atoms with Crippen LogP contribution in [0.4, 0.5) is 0 Å². The van der Waals surface area contributed by atoms with Crippen LogP contribution in [0.25, 0.3) is 0 Å². The van der Waals surface area contributed by atoms with Crippen molar-refractivity contribution in [1.29, 1.82) is 0 Å². The minimum atomic E-state index is -1.79. The summed E-state index contributed by atoms with van der Waals surface area (Å²) in [5.74, 6) is -0.176. The highest BCUT2D eigenvalue weighted by molar-refractivity contribution is 6.74. The Hall–Kier alpha value is -2.09. The van der Waals surface area contributed by atoms with E-state index in [4.69, 9.17) is 25.5 Å². The predicted molar refractivity (Wildman–Crippen MR) is 130 cm³/mol. The molecule has 0 atom stereocenters. The van der Waals surface area contributed by atoms with Crippen molar-refractivity contribution in [3.05, 3.63) is 52.3 Å². The average molecular weight is 480 g/mol. The van der Waals surface area contributed by atoms with Gasteiger partial charge in [0.15, 0.2) is 14.1 Å². The van der Waals surface area contributed by atoms with Gasteiger partial charge < -0.3 is 18.5 Å². The van der Waals surface area contributed by atoms with E-state index < -0.39 is 14.3 Å². The van der Waals surface area contributed by atoms with Crippen molar-refractivity contribution in [3.63, 3.8) is 0 Å². The molecule has 0 bridgehead atoms. The van der Waals surface area contributed by atoms with Crippen LogP contribution >= 0.6 is 11.6 Å². The summed E-state index contributed by atoms with van der Waals surface area (Å²) in [5, 5.41) is 0.651. The minimum Gasteiger partial charge on any atom is -0.492 e. The van der Waals surface area contributed by atoms with Gasteiger partial charge in [-0.1, -0.05) is 38.4 Å². The smallest absolute Gasteiger partial charge is 0.354 e. The number of benzene rings is 1. The first-order valence-corrected chi connectivity index (χ1v) is 14.0. The van der Waals surface area contributed by atoms with E-state index in [0.29, 0.717) is 29.5 Å².